The molecule has 0 aromatic carbocycles. The molecule has 4 aliphatic rings. The number of carbonyl (C=O) groups excluding carboxylic acids is 1. The average molecular weight is 344 g/mol. The Labute approximate surface area is 151 Å². The second-order valence-corrected chi connectivity index (χ2v) is 9.64. The summed E-state index contributed by atoms with van der Waals surface area (Å²) in [6.45, 7) is 8.28. The van der Waals surface area contributed by atoms with Gasteiger partial charge in [-0.3, -0.25) is 4.79 Å². The molecule has 0 saturated heterocycles. The topological polar surface area (TPSA) is 46.5 Å². The minimum absolute atomic E-state index is 0.0467. The first-order valence-corrected chi connectivity index (χ1v) is 9.97. The van der Waals surface area contributed by atoms with Crippen LogP contribution < -0.4 is 0 Å². The standard InChI is InChI=1S/C22H32O3/c1-14(23)25-16-7-10-20(2)15(13-16)5-6-17-18(20)8-11-21(3)19(17)9-12-22(21,4)24/h5-6,13,16-19,24H,7-12H2,1-4H3. The van der Waals surface area contributed by atoms with Crippen LogP contribution in [0.1, 0.15) is 66.2 Å². The molecule has 2 saturated carbocycles. The van der Waals surface area contributed by atoms with Gasteiger partial charge in [0.25, 0.3) is 0 Å². The Kier molecular flexibility index (Phi) is 3.78. The van der Waals surface area contributed by atoms with E-state index >= 15 is 0 Å². The third-order valence-electron chi connectivity index (χ3n) is 8.50. The van der Waals surface area contributed by atoms with Gasteiger partial charge in [-0.25, -0.2) is 0 Å². The highest BCUT2D eigenvalue weighted by Crippen LogP contribution is 2.66. The number of esters is 1. The van der Waals surface area contributed by atoms with Gasteiger partial charge >= 0.3 is 5.97 Å². The van der Waals surface area contributed by atoms with Crippen molar-refractivity contribution in [3.8, 4) is 0 Å². The van der Waals surface area contributed by atoms with E-state index in [0.717, 1.165) is 32.1 Å². The van der Waals surface area contributed by atoms with Crippen molar-refractivity contribution in [1.29, 1.82) is 0 Å². The maximum absolute atomic E-state index is 11.3. The molecular weight excluding hydrogens is 312 g/mol. The molecule has 7 unspecified atom stereocenters. The molecule has 4 rings (SSSR count). The van der Waals surface area contributed by atoms with Gasteiger partial charge < -0.3 is 9.84 Å². The zero-order valence-electron chi connectivity index (χ0n) is 16.0. The average Bonchev–Trinajstić information content (AvgIpc) is 2.77. The molecule has 2 fully saturated rings. The second kappa shape index (κ2) is 5.45. The van der Waals surface area contributed by atoms with Crippen molar-refractivity contribution in [1.82, 2.24) is 0 Å². The van der Waals surface area contributed by atoms with Gasteiger partial charge in [-0.2, -0.15) is 0 Å². The minimum atomic E-state index is -0.527. The first-order valence-electron chi connectivity index (χ1n) is 9.97. The van der Waals surface area contributed by atoms with Gasteiger partial charge in [0, 0.05) is 6.92 Å². The summed E-state index contributed by atoms with van der Waals surface area (Å²) in [7, 11) is 0. The number of aliphatic hydroxyl groups is 1. The lowest BCUT2D eigenvalue weighted by Gasteiger charge is -2.57. The lowest BCUT2D eigenvalue weighted by molar-refractivity contribution is -0.145. The summed E-state index contributed by atoms with van der Waals surface area (Å²) in [6, 6.07) is 0. The Morgan fingerprint density at radius 3 is 2.56 bits per heavy atom. The van der Waals surface area contributed by atoms with E-state index in [2.05, 4.69) is 39.0 Å². The minimum Gasteiger partial charge on any atom is -0.458 e. The molecule has 0 amide bonds. The first-order chi connectivity index (χ1) is 11.7. The lowest BCUT2D eigenvalue weighted by atomic mass is 9.48. The van der Waals surface area contributed by atoms with E-state index in [0.29, 0.717) is 17.8 Å². The third kappa shape index (κ3) is 2.38. The highest BCUT2D eigenvalue weighted by molar-refractivity contribution is 5.66. The summed E-state index contributed by atoms with van der Waals surface area (Å²) >= 11 is 0. The van der Waals surface area contributed by atoms with Crippen molar-refractivity contribution in [2.75, 3.05) is 0 Å². The Hall–Kier alpha value is -1.09. The fourth-order valence-electron chi connectivity index (χ4n) is 6.68. The summed E-state index contributed by atoms with van der Waals surface area (Å²) in [5.74, 6) is 1.61. The molecule has 4 aliphatic carbocycles. The molecular formula is C22H32O3. The number of rotatable bonds is 1. The Balaban J connectivity index is 1.66. The number of hydrogen-bond donors (Lipinski definition) is 1. The van der Waals surface area contributed by atoms with Gasteiger partial charge in [0.1, 0.15) is 6.10 Å². The molecule has 0 spiro atoms. The summed E-state index contributed by atoms with van der Waals surface area (Å²) in [6.07, 6.45) is 13.2. The molecule has 3 nitrogen and oxygen atoms in total. The molecule has 0 aliphatic heterocycles. The van der Waals surface area contributed by atoms with Crippen LogP contribution >= 0.6 is 0 Å². The maximum Gasteiger partial charge on any atom is 0.303 e. The Morgan fingerprint density at radius 2 is 1.84 bits per heavy atom. The van der Waals surface area contributed by atoms with Crippen LogP contribution in [0.25, 0.3) is 0 Å². The van der Waals surface area contributed by atoms with Crippen molar-refractivity contribution in [2.45, 2.75) is 77.9 Å². The maximum atomic E-state index is 11.3. The Morgan fingerprint density at radius 1 is 1.12 bits per heavy atom. The quantitative estimate of drug-likeness (QED) is 0.717. The predicted molar refractivity (Wildman–Crippen MR) is 97.8 cm³/mol. The van der Waals surface area contributed by atoms with E-state index in [4.69, 9.17) is 4.74 Å². The fourth-order valence-corrected chi connectivity index (χ4v) is 6.68. The van der Waals surface area contributed by atoms with Crippen LogP contribution in [-0.4, -0.2) is 22.8 Å². The highest BCUT2D eigenvalue weighted by Gasteiger charge is 2.61. The van der Waals surface area contributed by atoms with Crippen molar-refractivity contribution in [3.05, 3.63) is 23.8 Å². The third-order valence-corrected chi connectivity index (χ3v) is 8.50. The smallest absolute Gasteiger partial charge is 0.303 e. The summed E-state index contributed by atoms with van der Waals surface area (Å²) in [4.78, 5) is 11.3. The second-order valence-electron chi connectivity index (χ2n) is 9.64. The number of hydrogen-bond acceptors (Lipinski definition) is 3. The number of ether oxygens (including phenoxy) is 1. The van der Waals surface area contributed by atoms with Gasteiger partial charge in [0.2, 0.25) is 0 Å². The SMILES string of the molecule is CC(=O)OC1C=C2C=CC3C(CCC4(C)C3CCC4(C)O)C2(C)CC1. The van der Waals surface area contributed by atoms with Crippen molar-refractivity contribution < 1.29 is 14.6 Å². The van der Waals surface area contributed by atoms with E-state index in [1.54, 1.807) is 0 Å². The number of carbonyl (C=O) groups is 1. The first kappa shape index (κ1) is 17.3. The zero-order chi connectivity index (χ0) is 18.0. The van der Waals surface area contributed by atoms with Crippen molar-refractivity contribution in [3.63, 3.8) is 0 Å². The van der Waals surface area contributed by atoms with Gasteiger partial charge in [-0.15, -0.1) is 0 Å². The van der Waals surface area contributed by atoms with E-state index < -0.39 is 5.60 Å². The predicted octanol–water partition coefficient (Wildman–Crippen LogP) is 4.41. The van der Waals surface area contributed by atoms with Gasteiger partial charge in [0.15, 0.2) is 0 Å². The van der Waals surface area contributed by atoms with Crippen LogP contribution in [-0.2, 0) is 9.53 Å². The van der Waals surface area contributed by atoms with E-state index in [-0.39, 0.29) is 22.9 Å². The fraction of sp³-hybridized carbons (Fsp3) is 0.773. The zero-order valence-corrected chi connectivity index (χ0v) is 16.0. The van der Waals surface area contributed by atoms with Crippen LogP contribution in [0.5, 0.6) is 0 Å². The molecule has 1 N–H and O–H groups in total. The van der Waals surface area contributed by atoms with Crippen LogP contribution in [0.15, 0.2) is 23.8 Å². The molecule has 138 valence electrons. The summed E-state index contributed by atoms with van der Waals surface area (Å²) in [5, 5.41) is 11.0. The molecule has 3 heteroatoms. The Bertz CT molecular complexity index is 646. The summed E-state index contributed by atoms with van der Waals surface area (Å²) < 4.78 is 5.45. The molecule has 0 radical (unpaired) electrons. The molecule has 0 aromatic heterocycles. The van der Waals surface area contributed by atoms with Gasteiger partial charge in [-0.05, 0) is 85.7 Å². The lowest BCUT2D eigenvalue weighted by Crippen LogP contribution is -2.53. The van der Waals surface area contributed by atoms with E-state index in [1.165, 1.54) is 18.9 Å². The van der Waals surface area contributed by atoms with Crippen molar-refractivity contribution in [2.24, 2.45) is 28.6 Å². The van der Waals surface area contributed by atoms with Crippen molar-refractivity contribution >= 4 is 5.97 Å². The van der Waals surface area contributed by atoms with Crippen LogP contribution in [0.4, 0.5) is 0 Å². The van der Waals surface area contributed by atoms with E-state index in [9.17, 15) is 9.90 Å². The van der Waals surface area contributed by atoms with Crippen LogP contribution in [0.3, 0.4) is 0 Å². The van der Waals surface area contributed by atoms with Crippen LogP contribution in [0, 0.1) is 28.6 Å². The molecule has 0 heterocycles. The molecule has 25 heavy (non-hydrogen) atoms. The molecule has 0 bridgehead atoms. The van der Waals surface area contributed by atoms with E-state index in [1.807, 2.05) is 0 Å². The highest BCUT2D eigenvalue weighted by atomic mass is 16.5. The number of allylic oxidation sites excluding steroid dienone is 3. The van der Waals surface area contributed by atoms with Gasteiger partial charge in [-0.1, -0.05) is 26.0 Å². The molecule has 7 atom stereocenters. The normalized spacial score (nSPS) is 51.2. The summed E-state index contributed by atoms with van der Waals surface area (Å²) in [5.41, 5.74) is 1.07. The molecule has 0 aromatic rings. The van der Waals surface area contributed by atoms with Gasteiger partial charge in [0.05, 0.1) is 5.60 Å². The largest absolute Gasteiger partial charge is 0.458 e. The number of fused-ring (bicyclic) bond motifs is 5. The van der Waals surface area contributed by atoms with Crippen LogP contribution in [0.2, 0.25) is 0 Å². The monoisotopic (exact) mass is 344 g/mol.